The van der Waals surface area contributed by atoms with E-state index in [0.717, 1.165) is 17.9 Å². The molecule has 1 fully saturated rings. The zero-order chi connectivity index (χ0) is 17.2. The molecule has 0 unspecified atom stereocenters. The van der Waals surface area contributed by atoms with E-state index in [2.05, 4.69) is 25.3 Å². The Bertz CT molecular complexity index is 715. The lowest BCUT2D eigenvalue weighted by atomic mass is 10.2. The normalized spacial score (nSPS) is 17.8. The molecule has 7 nitrogen and oxygen atoms in total. The van der Waals surface area contributed by atoms with E-state index in [4.69, 9.17) is 4.74 Å². The van der Waals surface area contributed by atoms with Crippen LogP contribution in [-0.4, -0.2) is 48.4 Å². The summed E-state index contributed by atoms with van der Waals surface area (Å²) < 4.78 is 46.8. The number of hydrogen-bond acceptors (Lipinski definition) is 7. The topological polar surface area (TPSA) is 89.3 Å². The van der Waals surface area contributed by atoms with Crippen LogP contribution < -0.4 is 10.6 Å². The third kappa shape index (κ3) is 4.91. The number of halogens is 4. The van der Waals surface area contributed by atoms with Gasteiger partial charge in [0, 0.05) is 19.1 Å². The predicted molar refractivity (Wildman–Crippen MR) is 84.8 cm³/mol. The number of morpholine rings is 1. The molecule has 1 atom stereocenters. The molecule has 0 spiro atoms. The lowest BCUT2D eigenvalue weighted by Crippen LogP contribution is -2.48. The molecule has 2 N–H and O–H groups in total. The van der Waals surface area contributed by atoms with Crippen LogP contribution >= 0.6 is 23.7 Å². The standard InChI is InChI=1S/C13H13F3N4O3S.ClH/c14-13(15,16)12-19-10(20-23-12)8-1-2-9(24-8)11(21)18-5-7-6-22-4-3-17-7;/h1-2,7,17H,3-6H2,(H,18,21);1H/t7-;/m0./s1. The molecule has 0 radical (unpaired) electrons. The average Bonchev–Trinajstić information content (AvgIpc) is 3.21. The molecule has 2 aromatic rings. The Morgan fingerprint density at radius 1 is 1.44 bits per heavy atom. The van der Waals surface area contributed by atoms with E-state index in [1.165, 1.54) is 12.1 Å². The minimum Gasteiger partial charge on any atom is -0.378 e. The molecular weight excluding hydrogens is 385 g/mol. The van der Waals surface area contributed by atoms with E-state index in [9.17, 15) is 18.0 Å². The molecule has 2 aromatic heterocycles. The molecule has 0 aliphatic carbocycles. The van der Waals surface area contributed by atoms with Crippen LogP contribution in [-0.2, 0) is 10.9 Å². The summed E-state index contributed by atoms with van der Waals surface area (Å²) >= 11 is 0.989. The van der Waals surface area contributed by atoms with Crippen LogP contribution in [0.1, 0.15) is 15.6 Å². The van der Waals surface area contributed by atoms with Gasteiger partial charge in [0.2, 0.25) is 5.82 Å². The van der Waals surface area contributed by atoms with Gasteiger partial charge in [-0.2, -0.15) is 18.2 Å². The predicted octanol–water partition coefficient (Wildman–Crippen LogP) is 1.96. The number of rotatable bonds is 4. The number of ether oxygens (including phenoxy) is 1. The van der Waals surface area contributed by atoms with E-state index >= 15 is 0 Å². The number of nitrogens with one attached hydrogen (secondary N) is 2. The third-order valence-electron chi connectivity index (χ3n) is 3.23. The van der Waals surface area contributed by atoms with E-state index in [-0.39, 0.29) is 30.2 Å². The van der Waals surface area contributed by atoms with Crippen molar-refractivity contribution in [2.75, 3.05) is 26.3 Å². The average molecular weight is 399 g/mol. The molecule has 1 aliphatic heterocycles. The number of hydrogen-bond donors (Lipinski definition) is 2. The van der Waals surface area contributed by atoms with Crippen LogP contribution in [0.4, 0.5) is 13.2 Å². The van der Waals surface area contributed by atoms with Crippen LogP contribution in [0.2, 0.25) is 0 Å². The molecule has 1 amide bonds. The third-order valence-corrected chi connectivity index (χ3v) is 4.31. The summed E-state index contributed by atoms with van der Waals surface area (Å²) in [6.45, 7) is 2.28. The van der Waals surface area contributed by atoms with E-state index < -0.39 is 12.1 Å². The second-order valence-electron chi connectivity index (χ2n) is 5.02. The number of carbonyl (C=O) groups is 1. The summed E-state index contributed by atoms with van der Waals surface area (Å²) in [5.41, 5.74) is 0. The second kappa shape index (κ2) is 8.13. The molecule has 1 saturated heterocycles. The molecule has 3 rings (SSSR count). The summed E-state index contributed by atoms with van der Waals surface area (Å²) in [6.07, 6.45) is -4.70. The minimum atomic E-state index is -4.70. The molecule has 3 heterocycles. The fraction of sp³-hybridized carbons (Fsp3) is 0.462. The van der Waals surface area contributed by atoms with E-state index in [0.29, 0.717) is 29.5 Å². The number of amides is 1. The van der Waals surface area contributed by atoms with E-state index in [1.807, 2.05) is 0 Å². The summed E-state index contributed by atoms with van der Waals surface area (Å²) in [4.78, 5) is 16.0. The Morgan fingerprint density at radius 2 is 2.24 bits per heavy atom. The van der Waals surface area contributed by atoms with Crippen molar-refractivity contribution in [2.45, 2.75) is 12.2 Å². The minimum absolute atomic E-state index is 0. The van der Waals surface area contributed by atoms with Gasteiger partial charge in [0.05, 0.1) is 23.0 Å². The molecule has 1 aliphatic rings. The lowest BCUT2D eigenvalue weighted by molar-refractivity contribution is -0.159. The van der Waals surface area contributed by atoms with Gasteiger partial charge >= 0.3 is 12.1 Å². The van der Waals surface area contributed by atoms with Crippen molar-refractivity contribution < 1.29 is 27.2 Å². The zero-order valence-electron chi connectivity index (χ0n) is 12.6. The summed E-state index contributed by atoms with van der Waals surface area (Å²) in [7, 11) is 0. The maximum atomic E-state index is 12.5. The Balaban J connectivity index is 0.00000225. The van der Waals surface area contributed by atoms with Crippen molar-refractivity contribution in [1.82, 2.24) is 20.8 Å². The fourth-order valence-corrected chi connectivity index (χ4v) is 2.92. The highest BCUT2D eigenvalue weighted by Gasteiger charge is 2.38. The monoisotopic (exact) mass is 398 g/mol. The fourth-order valence-electron chi connectivity index (χ4n) is 2.07. The van der Waals surface area contributed by atoms with Crippen molar-refractivity contribution in [1.29, 1.82) is 0 Å². The van der Waals surface area contributed by atoms with Gasteiger partial charge in [-0.15, -0.1) is 23.7 Å². The number of carbonyl (C=O) groups excluding carboxylic acids is 1. The van der Waals surface area contributed by atoms with Crippen LogP contribution in [0, 0.1) is 0 Å². The van der Waals surface area contributed by atoms with Crippen LogP contribution in [0.25, 0.3) is 10.7 Å². The second-order valence-corrected chi connectivity index (χ2v) is 6.10. The first kappa shape index (κ1) is 19.6. The quantitative estimate of drug-likeness (QED) is 0.818. The summed E-state index contributed by atoms with van der Waals surface area (Å²) in [6, 6.07) is 3.02. The molecule has 25 heavy (non-hydrogen) atoms. The Labute approximate surface area is 150 Å². The summed E-state index contributed by atoms with van der Waals surface area (Å²) in [5, 5.41) is 9.24. The smallest absolute Gasteiger partial charge is 0.378 e. The van der Waals surface area contributed by atoms with Crippen molar-refractivity contribution >= 4 is 29.7 Å². The maximum Gasteiger partial charge on any atom is 0.471 e. The van der Waals surface area contributed by atoms with E-state index in [1.54, 1.807) is 0 Å². The Kier molecular flexibility index (Phi) is 6.38. The van der Waals surface area contributed by atoms with Gasteiger partial charge in [-0.25, -0.2) is 0 Å². The zero-order valence-corrected chi connectivity index (χ0v) is 14.3. The number of thiophene rings is 1. The Hall–Kier alpha value is -1.69. The summed E-state index contributed by atoms with van der Waals surface area (Å²) in [5.74, 6) is -1.94. The molecule has 0 saturated carbocycles. The largest absolute Gasteiger partial charge is 0.471 e. The molecule has 0 bridgehead atoms. The first-order valence-electron chi connectivity index (χ1n) is 7.04. The first-order chi connectivity index (χ1) is 11.4. The number of nitrogens with zero attached hydrogens (tertiary/aromatic N) is 2. The van der Waals surface area contributed by atoms with Crippen molar-refractivity contribution in [2.24, 2.45) is 0 Å². The van der Waals surface area contributed by atoms with Crippen LogP contribution in [0.5, 0.6) is 0 Å². The Morgan fingerprint density at radius 3 is 2.88 bits per heavy atom. The lowest BCUT2D eigenvalue weighted by Gasteiger charge is -2.23. The van der Waals surface area contributed by atoms with Gasteiger partial charge in [-0.05, 0) is 12.1 Å². The van der Waals surface area contributed by atoms with Gasteiger partial charge in [-0.3, -0.25) is 4.79 Å². The van der Waals surface area contributed by atoms with Crippen molar-refractivity contribution in [3.05, 3.63) is 22.9 Å². The highest BCUT2D eigenvalue weighted by molar-refractivity contribution is 7.17. The highest BCUT2D eigenvalue weighted by atomic mass is 35.5. The highest BCUT2D eigenvalue weighted by Crippen LogP contribution is 2.31. The van der Waals surface area contributed by atoms with Gasteiger partial charge in [-0.1, -0.05) is 5.16 Å². The maximum absolute atomic E-state index is 12.5. The molecule has 12 heteroatoms. The number of aromatic nitrogens is 2. The van der Waals surface area contributed by atoms with Crippen LogP contribution in [0.3, 0.4) is 0 Å². The van der Waals surface area contributed by atoms with Crippen LogP contribution in [0.15, 0.2) is 16.7 Å². The van der Waals surface area contributed by atoms with Gasteiger partial charge in [0.25, 0.3) is 5.91 Å². The number of alkyl halides is 3. The van der Waals surface area contributed by atoms with Gasteiger partial charge in [0.1, 0.15) is 0 Å². The first-order valence-corrected chi connectivity index (χ1v) is 7.85. The molecular formula is C13H14ClF3N4O3S. The van der Waals surface area contributed by atoms with Crippen molar-refractivity contribution in [3.8, 4) is 10.7 Å². The van der Waals surface area contributed by atoms with Gasteiger partial charge in [0.15, 0.2) is 0 Å². The molecule has 0 aromatic carbocycles. The van der Waals surface area contributed by atoms with Crippen molar-refractivity contribution in [3.63, 3.8) is 0 Å². The van der Waals surface area contributed by atoms with Gasteiger partial charge < -0.3 is 19.9 Å². The molecule has 138 valence electrons. The SMILES string of the molecule is Cl.O=C(NC[C@H]1COCCN1)c1ccc(-c2noc(C(F)(F)F)n2)s1.